The molecule has 1 heterocycles. The molecule has 0 saturated carbocycles. The van der Waals surface area contributed by atoms with Gasteiger partial charge in [0.15, 0.2) is 0 Å². The Hall–Kier alpha value is -3.73. The van der Waals surface area contributed by atoms with E-state index in [1.54, 1.807) is 23.9 Å². The number of hydrogen-bond acceptors (Lipinski definition) is 4. The van der Waals surface area contributed by atoms with Crippen LogP contribution in [0, 0.1) is 0 Å². The Kier molecular flexibility index (Phi) is 4.97. The minimum absolute atomic E-state index is 0.104. The first-order valence-electron chi connectivity index (χ1n) is 8.98. The van der Waals surface area contributed by atoms with Gasteiger partial charge in [-0.25, -0.2) is 4.68 Å². The molecule has 0 radical (unpaired) electrons. The third-order valence-corrected chi connectivity index (χ3v) is 4.52. The average Bonchev–Trinajstić information content (AvgIpc) is 3.18. The van der Waals surface area contributed by atoms with E-state index in [-0.39, 0.29) is 5.78 Å². The van der Waals surface area contributed by atoms with Crippen LogP contribution in [0.2, 0.25) is 0 Å². The number of nitrogens with zero attached hydrogens (tertiary/aromatic N) is 3. The van der Waals surface area contributed by atoms with Gasteiger partial charge in [-0.1, -0.05) is 65.9 Å². The van der Waals surface area contributed by atoms with Crippen molar-refractivity contribution in [2.45, 2.75) is 6.54 Å². The van der Waals surface area contributed by atoms with Crippen molar-refractivity contribution in [2.75, 3.05) is 7.11 Å². The van der Waals surface area contributed by atoms with Crippen LogP contribution in [0.5, 0.6) is 5.75 Å². The molecule has 3 aromatic carbocycles. The largest absolute Gasteiger partial charge is 0.497 e. The number of carbonyl (C=O) groups excluding carboxylic acids is 1. The van der Waals surface area contributed by atoms with Crippen LogP contribution in [0.1, 0.15) is 21.6 Å². The highest BCUT2D eigenvalue weighted by atomic mass is 16.5. The molecule has 28 heavy (non-hydrogen) atoms. The normalized spacial score (nSPS) is 10.6. The standard InChI is InChI=1S/C23H19N3O2/c1-28-20-14-12-18(13-15-20)21-22(23(27)19-10-6-3-7-11-19)26(25-24-21)16-17-8-4-2-5-9-17/h2-15H,16H2,1H3. The van der Waals surface area contributed by atoms with Crippen LogP contribution in [0.4, 0.5) is 0 Å². The summed E-state index contributed by atoms with van der Waals surface area (Å²) >= 11 is 0. The number of benzene rings is 3. The summed E-state index contributed by atoms with van der Waals surface area (Å²) in [6.07, 6.45) is 0. The van der Waals surface area contributed by atoms with E-state index in [0.717, 1.165) is 16.9 Å². The minimum Gasteiger partial charge on any atom is -0.497 e. The zero-order chi connectivity index (χ0) is 19.3. The summed E-state index contributed by atoms with van der Waals surface area (Å²) in [5, 5.41) is 8.63. The lowest BCUT2D eigenvalue weighted by Gasteiger charge is -2.08. The highest BCUT2D eigenvalue weighted by Gasteiger charge is 2.23. The van der Waals surface area contributed by atoms with E-state index < -0.39 is 0 Å². The summed E-state index contributed by atoms with van der Waals surface area (Å²) in [5.74, 6) is 0.642. The molecule has 4 rings (SSSR count). The molecular formula is C23H19N3O2. The first kappa shape index (κ1) is 17.7. The number of carbonyl (C=O) groups is 1. The molecule has 0 saturated heterocycles. The molecule has 138 valence electrons. The molecule has 0 spiro atoms. The average molecular weight is 369 g/mol. The fourth-order valence-corrected chi connectivity index (χ4v) is 3.07. The third-order valence-electron chi connectivity index (χ3n) is 4.52. The smallest absolute Gasteiger partial charge is 0.213 e. The van der Waals surface area contributed by atoms with Gasteiger partial charge >= 0.3 is 0 Å². The Balaban J connectivity index is 1.80. The van der Waals surface area contributed by atoms with Crippen LogP contribution in [-0.4, -0.2) is 27.9 Å². The summed E-state index contributed by atoms with van der Waals surface area (Å²) in [7, 11) is 1.62. The number of rotatable bonds is 6. The Labute approximate surface area is 163 Å². The number of ether oxygens (including phenoxy) is 1. The highest BCUT2D eigenvalue weighted by Crippen LogP contribution is 2.26. The molecule has 1 aromatic heterocycles. The number of ketones is 1. The maximum Gasteiger partial charge on any atom is 0.213 e. The van der Waals surface area contributed by atoms with Crippen molar-refractivity contribution in [3.8, 4) is 17.0 Å². The lowest BCUT2D eigenvalue weighted by Crippen LogP contribution is -2.13. The van der Waals surface area contributed by atoms with Crippen molar-refractivity contribution in [1.82, 2.24) is 15.0 Å². The van der Waals surface area contributed by atoms with Gasteiger partial charge in [0, 0.05) is 11.1 Å². The topological polar surface area (TPSA) is 57.0 Å². The predicted octanol–water partition coefficient (Wildman–Crippen LogP) is 4.23. The van der Waals surface area contributed by atoms with Crippen LogP contribution < -0.4 is 4.74 Å². The lowest BCUT2D eigenvalue weighted by atomic mass is 10.0. The van der Waals surface area contributed by atoms with Gasteiger partial charge in [0.2, 0.25) is 5.78 Å². The van der Waals surface area contributed by atoms with Crippen molar-refractivity contribution < 1.29 is 9.53 Å². The minimum atomic E-state index is -0.104. The Bertz CT molecular complexity index is 1070. The summed E-state index contributed by atoms with van der Waals surface area (Å²) in [6, 6.07) is 26.6. The van der Waals surface area contributed by atoms with Crippen LogP contribution in [0.15, 0.2) is 84.9 Å². The molecule has 0 aliphatic carbocycles. The molecule has 4 aromatic rings. The predicted molar refractivity (Wildman–Crippen MR) is 107 cm³/mol. The van der Waals surface area contributed by atoms with E-state index in [1.807, 2.05) is 72.8 Å². The molecule has 5 heteroatoms. The van der Waals surface area contributed by atoms with Crippen LogP contribution >= 0.6 is 0 Å². The monoisotopic (exact) mass is 369 g/mol. The van der Waals surface area contributed by atoms with Crippen LogP contribution in [0.25, 0.3) is 11.3 Å². The third kappa shape index (κ3) is 3.55. The number of aromatic nitrogens is 3. The van der Waals surface area contributed by atoms with E-state index in [9.17, 15) is 4.79 Å². The Morgan fingerprint density at radius 3 is 2.18 bits per heavy atom. The van der Waals surface area contributed by atoms with E-state index in [0.29, 0.717) is 23.5 Å². The van der Waals surface area contributed by atoms with Gasteiger partial charge in [-0.05, 0) is 29.8 Å². The maximum atomic E-state index is 13.3. The van der Waals surface area contributed by atoms with Gasteiger partial charge in [-0.15, -0.1) is 5.10 Å². The Morgan fingerprint density at radius 2 is 1.54 bits per heavy atom. The first-order chi connectivity index (χ1) is 13.8. The molecule has 0 aliphatic rings. The quantitative estimate of drug-likeness (QED) is 0.477. The van der Waals surface area contributed by atoms with Crippen LogP contribution in [-0.2, 0) is 6.54 Å². The van der Waals surface area contributed by atoms with Gasteiger partial charge in [-0.2, -0.15) is 0 Å². The zero-order valence-corrected chi connectivity index (χ0v) is 15.4. The summed E-state index contributed by atoms with van der Waals surface area (Å²) in [4.78, 5) is 13.3. The molecular weight excluding hydrogens is 350 g/mol. The van der Waals surface area contributed by atoms with Gasteiger partial charge < -0.3 is 4.74 Å². The molecule has 0 unspecified atom stereocenters. The van der Waals surface area contributed by atoms with Gasteiger partial charge in [0.05, 0.1) is 13.7 Å². The summed E-state index contributed by atoms with van der Waals surface area (Å²) in [5.41, 5.74) is 3.51. The van der Waals surface area contributed by atoms with Crippen molar-refractivity contribution in [3.63, 3.8) is 0 Å². The maximum absolute atomic E-state index is 13.3. The molecule has 0 bridgehead atoms. The lowest BCUT2D eigenvalue weighted by molar-refractivity contribution is 0.103. The summed E-state index contributed by atoms with van der Waals surface area (Å²) < 4.78 is 6.90. The van der Waals surface area contributed by atoms with E-state index >= 15 is 0 Å². The number of methoxy groups -OCH3 is 1. The molecule has 0 aliphatic heterocycles. The van der Waals surface area contributed by atoms with Crippen molar-refractivity contribution in [1.29, 1.82) is 0 Å². The van der Waals surface area contributed by atoms with E-state index in [2.05, 4.69) is 10.3 Å². The van der Waals surface area contributed by atoms with Crippen molar-refractivity contribution in [3.05, 3.63) is 102 Å². The second-order valence-electron chi connectivity index (χ2n) is 6.35. The number of hydrogen-bond donors (Lipinski definition) is 0. The second-order valence-corrected chi connectivity index (χ2v) is 6.35. The van der Waals surface area contributed by atoms with E-state index in [4.69, 9.17) is 4.74 Å². The molecule has 5 nitrogen and oxygen atoms in total. The van der Waals surface area contributed by atoms with E-state index in [1.165, 1.54) is 0 Å². The zero-order valence-electron chi connectivity index (χ0n) is 15.4. The Morgan fingerprint density at radius 1 is 0.893 bits per heavy atom. The van der Waals surface area contributed by atoms with Crippen LogP contribution in [0.3, 0.4) is 0 Å². The van der Waals surface area contributed by atoms with Crippen molar-refractivity contribution in [2.24, 2.45) is 0 Å². The second kappa shape index (κ2) is 7.88. The van der Waals surface area contributed by atoms with Crippen molar-refractivity contribution >= 4 is 5.78 Å². The fraction of sp³-hybridized carbons (Fsp3) is 0.0870. The van der Waals surface area contributed by atoms with Gasteiger partial charge in [0.1, 0.15) is 17.1 Å². The summed E-state index contributed by atoms with van der Waals surface area (Å²) in [6.45, 7) is 0.470. The SMILES string of the molecule is COc1ccc(-c2nnn(Cc3ccccc3)c2C(=O)c2ccccc2)cc1. The molecule has 0 N–H and O–H groups in total. The molecule has 0 fully saturated rings. The fourth-order valence-electron chi connectivity index (χ4n) is 3.07. The van der Waals surface area contributed by atoms with Gasteiger partial charge in [0.25, 0.3) is 0 Å². The molecule has 0 amide bonds. The van der Waals surface area contributed by atoms with Gasteiger partial charge in [-0.3, -0.25) is 4.79 Å². The first-order valence-corrected chi connectivity index (χ1v) is 8.98. The highest BCUT2D eigenvalue weighted by molar-refractivity contribution is 6.11. The molecule has 0 atom stereocenters.